The number of methoxy groups -OCH3 is 1. The minimum atomic E-state index is 0.0148. The van der Waals surface area contributed by atoms with Crippen molar-refractivity contribution in [1.82, 2.24) is 9.78 Å². The van der Waals surface area contributed by atoms with Gasteiger partial charge in [0.2, 0.25) is 0 Å². The Labute approximate surface area is 157 Å². The molecule has 0 saturated heterocycles. The molecule has 0 aliphatic heterocycles. The largest absolute Gasteiger partial charge is 0.497 e. The van der Waals surface area contributed by atoms with Crippen LogP contribution in [0.25, 0.3) is 5.69 Å². The molecule has 2 heterocycles. The maximum Gasteiger partial charge on any atom is 0.169 e. The summed E-state index contributed by atoms with van der Waals surface area (Å²) in [6, 6.07) is 11.4. The lowest BCUT2D eigenvalue weighted by Gasteiger charge is -2.21. The van der Waals surface area contributed by atoms with E-state index in [0.717, 1.165) is 22.9 Å². The van der Waals surface area contributed by atoms with E-state index in [1.54, 1.807) is 19.4 Å². The number of nitrogens with zero attached hydrogens (tertiary/aromatic N) is 2. The minimum Gasteiger partial charge on any atom is -0.497 e. The van der Waals surface area contributed by atoms with Crippen molar-refractivity contribution in [3.63, 3.8) is 0 Å². The van der Waals surface area contributed by atoms with Crippen LogP contribution in [0.2, 0.25) is 0 Å². The van der Waals surface area contributed by atoms with Crippen LogP contribution in [-0.4, -0.2) is 29.2 Å². The molecule has 6 heteroatoms. The molecule has 0 saturated carbocycles. The van der Waals surface area contributed by atoms with Crippen molar-refractivity contribution in [3.05, 3.63) is 72.3 Å². The second kappa shape index (κ2) is 7.15. The molecule has 0 spiro atoms. The highest BCUT2D eigenvalue weighted by Crippen LogP contribution is 2.37. The number of furan rings is 1. The number of aromatic nitrogens is 2. The summed E-state index contributed by atoms with van der Waals surface area (Å²) in [4.78, 5) is 12.9. The summed E-state index contributed by atoms with van der Waals surface area (Å²) < 4.78 is 12.6. The number of carbonyl (C=O) groups is 1. The predicted octanol–water partition coefficient (Wildman–Crippen LogP) is 3.98. The molecule has 1 aromatic carbocycles. The maximum absolute atomic E-state index is 12.9. The molecule has 1 aliphatic rings. The number of hydrogen-bond acceptors (Lipinski definition) is 5. The molecule has 0 unspecified atom stereocenters. The number of carbonyl (C=O) groups excluding carboxylic acids is 1. The highest BCUT2D eigenvalue weighted by Gasteiger charge is 2.34. The molecule has 1 atom stereocenters. The van der Waals surface area contributed by atoms with E-state index in [1.165, 1.54) is 0 Å². The first-order valence-corrected chi connectivity index (χ1v) is 8.89. The van der Waals surface area contributed by atoms with Crippen LogP contribution in [0.15, 0.2) is 59.7 Å². The van der Waals surface area contributed by atoms with Crippen LogP contribution < -0.4 is 10.1 Å². The Kier molecular flexibility index (Phi) is 4.54. The monoisotopic (exact) mass is 363 g/mol. The van der Waals surface area contributed by atoms with Crippen molar-refractivity contribution in [3.8, 4) is 11.4 Å². The number of fused-ring (bicyclic) bond motifs is 1. The van der Waals surface area contributed by atoms with Crippen LogP contribution >= 0.6 is 0 Å². The van der Waals surface area contributed by atoms with E-state index in [9.17, 15) is 4.79 Å². The molecule has 0 bridgehead atoms. The third-order valence-corrected chi connectivity index (χ3v) is 4.81. The SMILES string of the molecule is C=CCNc1nn(-c2ccc(OC)cc2)c2c1C(=O)C[C@@H](c1ccco1)C2. The lowest BCUT2D eigenvalue weighted by molar-refractivity contribution is 0.0960. The zero-order chi connectivity index (χ0) is 18.8. The number of benzene rings is 1. The number of ketones is 1. The van der Waals surface area contributed by atoms with Crippen LogP contribution in [-0.2, 0) is 6.42 Å². The van der Waals surface area contributed by atoms with E-state index in [2.05, 4.69) is 17.0 Å². The van der Waals surface area contributed by atoms with Gasteiger partial charge in [0.1, 0.15) is 11.5 Å². The van der Waals surface area contributed by atoms with Gasteiger partial charge in [-0.2, -0.15) is 0 Å². The zero-order valence-electron chi connectivity index (χ0n) is 15.1. The van der Waals surface area contributed by atoms with E-state index >= 15 is 0 Å². The van der Waals surface area contributed by atoms with Gasteiger partial charge >= 0.3 is 0 Å². The Bertz CT molecular complexity index is 955. The molecule has 3 aromatic rings. The van der Waals surface area contributed by atoms with Gasteiger partial charge in [0.05, 0.1) is 30.3 Å². The Morgan fingerprint density at radius 3 is 2.81 bits per heavy atom. The van der Waals surface area contributed by atoms with Crippen molar-refractivity contribution >= 4 is 11.6 Å². The molecule has 0 radical (unpaired) electrons. The quantitative estimate of drug-likeness (QED) is 0.671. The van der Waals surface area contributed by atoms with Crippen molar-refractivity contribution in [2.24, 2.45) is 0 Å². The maximum atomic E-state index is 12.9. The molecule has 2 aromatic heterocycles. The molecule has 1 N–H and O–H groups in total. The van der Waals surface area contributed by atoms with Crippen LogP contribution in [0.4, 0.5) is 5.82 Å². The Balaban J connectivity index is 1.79. The van der Waals surface area contributed by atoms with Crippen molar-refractivity contribution in [2.45, 2.75) is 18.8 Å². The van der Waals surface area contributed by atoms with Crippen LogP contribution in [0.1, 0.15) is 34.2 Å². The number of hydrogen-bond donors (Lipinski definition) is 1. The van der Waals surface area contributed by atoms with Crippen LogP contribution in [0.5, 0.6) is 5.75 Å². The lowest BCUT2D eigenvalue weighted by Crippen LogP contribution is -2.20. The Morgan fingerprint density at radius 1 is 1.33 bits per heavy atom. The van der Waals surface area contributed by atoms with E-state index < -0.39 is 0 Å². The van der Waals surface area contributed by atoms with Crippen molar-refractivity contribution in [1.29, 1.82) is 0 Å². The standard InChI is InChI=1S/C21H21N3O3/c1-3-10-22-21-20-17(12-14(13-18(20)25)19-5-4-11-27-19)24(23-21)15-6-8-16(26-2)9-7-15/h3-9,11,14H,1,10,12-13H2,2H3,(H,22,23)/t14-/m0/s1. The first-order valence-electron chi connectivity index (χ1n) is 8.89. The van der Waals surface area contributed by atoms with E-state index in [0.29, 0.717) is 30.8 Å². The summed E-state index contributed by atoms with van der Waals surface area (Å²) >= 11 is 0. The van der Waals surface area contributed by atoms with Gasteiger partial charge in [0.25, 0.3) is 0 Å². The van der Waals surface area contributed by atoms with Crippen molar-refractivity contribution < 1.29 is 13.9 Å². The summed E-state index contributed by atoms with van der Waals surface area (Å²) in [5.74, 6) is 2.29. The number of Topliss-reactive ketones (excluding diaryl/α,β-unsaturated/α-hetero) is 1. The Morgan fingerprint density at radius 2 is 2.15 bits per heavy atom. The average molecular weight is 363 g/mol. The minimum absolute atomic E-state index is 0.0148. The number of rotatable bonds is 6. The van der Waals surface area contributed by atoms with E-state index in [1.807, 2.05) is 41.1 Å². The molecule has 27 heavy (non-hydrogen) atoms. The highest BCUT2D eigenvalue weighted by molar-refractivity contribution is 6.03. The molecule has 0 fully saturated rings. The summed E-state index contributed by atoms with van der Waals surface area (Å²) in [5.41, 5.74) is 2.44. The second-order valence-corrected chi connectivity index (χ2v) is 6.49. The summed E-state index contributed by atoms with van der Waals surface area (Å²) in [7, 11) is 1.63. The Hall–Kier alpha value is -3.28. The zero-order valence-corrected chi connectivity index (χ0v) is 15.1. The lowest BCUT2D eigenvalue weighted by atomic mass is 9.85. The van der Waals surface area contributed by atoms with Crippen LogP contribution in [0, 0.1) is 0 Å². The summed E-state index contributed by atoms with van der Waals surface area (Å²) in [6.45, 7) is 4.27. The molecular weight excluding hydrogens is 342 g/mol. The molecule has 138 valence electrons. The molecule has 6 nitrogen and oxygen atoms in total. The van der Waals surface area contributed by atoms with Gasteiger partial charge in [-0.1, -0.05) is 6.08 Å². The first kappa shape index (κ1) is 17.1. The smallest absolute Gasteiger partial charge is 0.169 e. The highest BCUT2D eigenvalue weighted by atomic mass is 16.5. The fourth-order valence-corrected chi connectivity index (χ4v) is 3.52. The predicted molar refractivity (Wildman–Crippen MR) is 103 cm³/mol. The third-order valence-electron chi connectivity index (χ3n) is 4.81. The molecule has 4 rings (SSSR count). The van der Waals surface area contributed by atoms with E-state index in [4.69, 9.17) is 9.15 Å². The van der Waals surface area contributed by atoms with Gasteiger partial charge in [-0.3, -0.25) is 4.79 Å². The van der Waals surface area contributed by atoms with Crippen LogP contribution in [0.3, 0.4) is 0 Å². The number of nitrogens with one attached hydrogen (secondary N) is 1. The van der Waals surface area contributed by atoms with Gasteiger partial charge in [-0.25, -0.2) is 4.68 Å². The summed E-state index contributed by atoms with van der Waals surface area (Å²) in [5, 5.41) is 7.88. The third kappa shape index (κ3) is 3.14. The topological polar surface area (TPSA) is 69.3 Å². The fraction of sp³-hybridized carbons (Fsp3) is 0.238. The normalized spacial score (nSPS) is 16.0. The molecule has 1 aliphatic carbocycles. The van der Waals surface area contributed by atoms with Gasteiger partial charge in [-0.05, 0) is 36.4 Å². The van der Waals surface area contributed by atoms with E-state index in [-0.39, 0.29) is 11.7 Å². The molecule has 0 amide bonds. The van der Waals surface area contributed by atoms with Crippen molar-refractivity contribution in [2.75, 3.05) is 19.0 Å². The van der Waals surface area contributed by atoms with Gasteiger partial charge in [-0.15, -0.1) is 11.7 Å². The number of anilines is 1. The van der Waals surface area contributed by atoms with Gasteiger partial charge in [0.15, 0.2) is 11.6 Å². The van der Waals surface area contributed by atoms with Gasteiger partial charge in [0, 0.05) is 25.3 Å². The molecular formula is C21H21N3O3. The summed E-state index contributed by atoms with van der Waals surface area (Å²) in [6.07, 6.45) is 4.49. The fourth-order valence-electron chi connectivity index (χ4n) is 3.52. The first-order chi connectivity index (χ1) is 13.2. The number of ether oxygens (including phenoxy) is 1. The second-order valence-electron chi connectivity index (χ2n) is 6.49. The van der Waals surface area contributed by atoms with Gasteiger partial charge < -0.3 is 14.5 Å². The average Bonchev–Trinajstić information content (AvgIpc) is 3.35.